The van der Waals surface area contributed by atoms with Crippen LogP contribution in [0, 0.1) is 17.7 Å². The van der Waals surface area contributed by atoms with Gasteiger partial charge in [0.2, 0.25) is 5.91 Å². The zero-order chi connectivity index (χ0) is 15.2. The average Bonchev–Trinajstić information content (AvgIpc) is 2.97. The minimum atomic E-state index is -0.227. The van der Waals surface area contributed by atoms with Crippen LogP contribution in [0.1, 0.15) is 64.0 Å². The van der Waals surface area contributed by atoms with Gasteiger partial charge >= 0.3 is 0 Å². The number of carbonyl (C=O) groups excluding carboxylic acids is 1. The number of hydrogen-bond donors (Lipinski definition) is 1. The zero-order valence-corrected chi connectivity index (χ0v) is 13.1. The molecule has 2 nitrogen and oxygen atoms in total. The molecule has 1 unspecified atom stereocenters. The summed E-state index contributed by atoms with van der Waals surface area (Å²) in [5, 5.41) is 3.19. The third-order valence-corrected chi connectivity index (χ3v) is 4.37. The van der Waals surface area contributed by atoms with Gasteiger partial charge in [-0.1, -0.05) is 38.8 Å². The molecule has 21 heavy (non-hydrogen) atoms. The van der Waals surface area contributed by atoms with Crippen molar-refractivity contribution in [2.24, 2.45) is 11.8 Å². The first-order chi connectivity index (χ1) is 10.1. The fraction of sp³-hybridized carbons (Fsp3) is 0.611. The maximum atomic E-state index is 13.1. The average molecular weight is 291 g/mol. The second-order valence-electron chi connectivity index (χ2n) is 6.57. The Balaban J connectivity index is 2.05. The SMILES string of the molecule is CC(C)CCC(=O)NC(c1ccc(F)cc1)C1CCCC1. The first-order valence-electron chi connectivity index (χ1n) is 8.11. The maximum Gasteiger partial charge on any atom is 0.220 e. The van der Waals surface area contributed by atoms with Gasteiger partial charge < -0.3 is 5.32 Å². The highest BCUT2D eigenvalue weighted by Crippen LogP contribution is 2.35. The quantitative estimate of drug-likeness (QED) is 0.814. The van der Waals surface area contributed by atoms with Crippen LogP contribution >= 0.6 is 0 Å². The summed E-state index contributed by atoms with van der Waals surface area (Å²) >= 11 is 0. The van der Waals surface area contributed by atoms with Crippen molar-refractivity contribution in [3.05, 3.63) is 35.6 Å². The molecule has 0 aromatic heterocycles. The highest BCUT2D eigenvalue weighted by Gasteiger charge is 2.27. The van der Waals surface area contributed by atoms with Gasteiger partial charge in [-0.15, -0.1) is 0 Å². The molecule has 1 atom stereocenters. The van der Waals surface area contributed by atoms with Gasteiger partial charge in [0.05, 0.1) is 6.04 Å². The number of rotatable bonds is 6. The molecule has 0 radical (unpaired) electrons. The number of hydrogen-bond acceptors (Lipinski definition) is 1. The van der Waals surface area contributed by atoms with Crippen LogP contribution in [0.3, 0.4) is 0 Å². The van der Waals surface area contributed by atoms with E-state index in [4.69, 9.17) is 0 Å². The number of carbonyl (C=O) groups is 1. The molecule has 1 aliphatic rings. The lowest BCUT2D eigenvalue weighted by Gasteiger charge is -2.25. The molecular formula is C18H26FNO. The Morgan fingerprint density at radius 1 is 1.24 bits per heavy atom. The van der Waals surface area contributed by atoms with E-state index >= 15 is 0 Å². The van der Waals surface area contributed by atoms with E-state index in [2.05, 4.69) is 19.2 Å². The van der Waals surface area contributed by atoms with Gasteiger partial charge in [0.15, 0.2) is 0 Å². The van der Waals surface area contributed by atoms with Crippen molar-refractivity contribution in [1.82, 2.24) is 5.32 Å². The van der Waals surface area contributed by atoms with Gasteiger partial charge in [0.25, 0.3) is 0 Å². The highest BCUT2D eigenvalue weighted by molar-refractivity contribution is 5.76. The van der Waals surface area contributed by atoms with Crippen molar-refractivity contribution < 1.29 is 9.18 Å². The second-order valence-corrected chi connectivity index (χ2v) is 6.57. The van der Waals surface area contributed by atoms with Crippen LogP contribution in [0.25, 0.3) is 0 Å². The third kappa shape index (κ3) is 4.83. The molecule has 0 aliphatic heterocycles. The van der Waals surface area contributed by atoms with Gasteiger partial charge in [-0.05, 0) is 48.8 Å². The molecule has 2 rings (SSSR count). The third-order valence-electron chi connectivity index (χ3n) is 4.37. The molecule has 0 saturated heterocycles. The van der Waals surface area contributed by atoms with E-state index in [0.717, 1.165) is 24.8 Å². The Kier molecular flexibility index (Phi) is 5.77. The van der Waals surface area contributed by atoms with Crippen LogP contribution in [0.15, 0.2) is 24.3 Å². The van der Waals surface area contributed by atoms with Gasteiger partial charge in [0, 0.05) is 6.42 Å². The van der Waals surface area contributed by atoms with Crippen LogP contribution in [-0.4, -0.2) is 5.91 Å². The summed E-state index contributed by atoms with van der Waals surface area (Å²) in [6.45, 7) is 4.25. The molecular weight excluding hydrogens is 265 g/mol. The fourth-order valence-corrected chi connectivity index (χ4v) is 3.10. The molecule has 0 heterocycles. The van der Waals surface area contributed by atoms with Crippen molar-refractivity contribution in [2.75, 3.05) is 0 Å². The van der Waals surface area contributed by atoms with E-state index in [9.17, 15) is 9.18 Å². The van der Waals surface area contributed by atoms with Crippen LogP contribution in [-0.2, 0) is 4.79 Å². The lowest BCUT2D eigenvalue weighted by atomic mass is 9.91. The second kappa shape index (κ2) is 7.58. The molecule has 0 spiro atoms. The summed E-state index contributed by atoms with van der Waals surface area (Å²) in [5.41, 5.74) is 1.03. The summed E-state index contributed by atoms with van der Waals surface area (Å²) in [4.78, 5) is 12.2. The van der Waals surface area contributed by atoms with Crippen molar-refractivity contribution in [1.29, 1.82) is 0 Å². The lowest BCUT2D eigenvalue weighted by Crippen LogP contribution is -2.32. The summed E-state index contributed by atoms with van der Waals surface area (Å²) < 4.78 is 13.1. The van der Waals surface area contributed by atoms with Crippen molar-refractivity contribution in [2.45, 2.75) is 58.4 Å². The van der Waals surface area contributed by atoms with E-state index in [1.807, 2.05) is 0 Å². The molecule has 1 aromatic rings. The summed E-state index contributed by atoms with van der Waals surface area (Å²) in [6.07, 6.45) is 6.22. The Bertz CT molecular complexity index is 449. The van der Waals surface area contributed by atoms with Crippen LogP contribution in [0.4, 0.5) is 4.39 Å². The molecule has 1 N–H and O–H groups in total. The number of benzene rings is 1. The molecule has 1 fully saturated rings. The Labute approximate surface area is 127 Å². The normalized spacial score (nSPS) is 17.1. The van der Waals surface area contributed by atoms with Crippen LogP contribution < -0.4 is 5.32 Å². The van der Waals surface area contributed by atoms with E-state index in [1.54, 1.807) is 12.1 Å². The monoisotopic (exact) mass is 291 g/mol. The van der Waals surface area contributed by atoms with E-state index in [1.165, 1.54) is 25.0 Å². The Morgan fingerprint density at radius 2 is 1.86 bits per heavy atom. The summed E-state index contributed by atoms with van der Waals surface area (Å²) in [7, 11) is 0. The van der Waals surface area contributed by atoms with Gasteiger partial charge in [-0.3, -0.25) is 4.79 Å². The highest BCUT2D eigenvalue weighted by atomic mass is 19.1. The maximum absolute atomic E-state index is 13.1. The molecule has 1 aromatic carbocycles. The van der Waals surface area contributed by atoms with Crippen molar-refractivity contribution in [3.8, 4) is 0 Å². The standard InChI is InChI=1S/C18H26FNO/c1-13(2)7-12-17(21)20-18(14-5-3-4-6-14)15-8-10-16(19)11-9-15/h8-11,13-14,18H,3-7,12H2,1-2H3,(H,20,21). The largest absolute Gasteiger partial charge is 0.349 e. The molecule has 0 bridgehead atoms. The fourth-order valence-electron chi connectivity index (χ4n) is 3.10. The molecule has 1 aliphatic carbocycles. The topological polar surface area (TPSA) is 29.1 Å². The summed E-state index contributed by atoms with van der Waals surface area (Å²) in [6, 6.07) is 6.62. The van der Waals surface area contributed by atoms with Crippen LogP contribution in [0.5, 0.6) is 0 Å². The van der Waals surface area contributed by atoms with Gasteiger partial charge in [0.1, 0.15) is 5.82 Å². The lowest BCUT2D eigenvalue weighted by molar-refractivity contribution is -0.122. The molecule has 1 amide bonds. The first kappa shape index (κ1) is 16.0. The number of halogens is 1. The molecule has 1 saturated carbocycles. The van der Waals surface area contributed by atoms with Gasteiger partial charge in [-0.25, -0.2) is 4.39 Å². The van der Waals surface area contributed by atoms with Crippen LogP contribution in [0.2, 0.25) is 0 Å². The molecule has 3 heteroatoms. The Morgan fingerprint density at radius 3 is 2.43 bits per heavy atom. The summed E-state index contributed by atoms with van der Waals surface area (Å²) in [5.74, 6) is 0.907. The minimum Gasteiger partial charge on any atom is -0.349 e. The zero-order valence-electron chi connectivity index (χ0n) is 13.1. The first-order valence-corrected chi connectivity index (χ1v) is 8.11. The van der Waals surface area contributed by atoms with Crippen molar-refractivity contribution >= 4 is 5.91 Å². The predicted octanol–water partition coefficient (Wildman–Crippen LogP) is 4.61. The number of amides is 1. The van der Waals surface area contributed by atoms with Gasteiger partial charge in [-0.2, -0.15) is 0 Å². The van der Waals surface area contributed by atoms with E-state index < -0.39 is 0 Å². The van der Waals surface area contributed by atoms with Crippen molar-refractivity contribution in [3.63, 3.8) is 0 Å². The van der Waals surface area contributed by atoms with E-state index in [-0.39, 0.29) is 17.8 Å². The Hall–Kier alpha value is -1.38. The predicted molar refractivity (Wildman–Crippen MR) is 83.3 cm³/mol. The van der Waals surface area contributed by atoms with E-state index in [0.29, 0.717) is 18.3 Å². The molecule has 116 valence electrons. The minimum absolute atomic E-state index is 0.0350. The smallest absolute Gasteiger partial charge is 0.220 e. The number of nitrogens with one attached hydrogen (secondary N) is 1.